The molecule has 1 aromatic rings. The number of anilines is 1. The van der Waals surface area contributed by atoms with Crippen molar-refractivity contribution >= 4 is 21.4 Å². The van der Waals surface area contributed by atoms with Gasteiger partial charge in [0.2, 0.25) is 0 Å². The molecule has 20 heavy (non-hydrogen) atoms. The molecule has 1 aromatic carbocycles. The summed E-state index contributed by atoms with van der Waals surface area (Å²) in [6, 6.07) is 4.32. The number of carbonyl (C=O) groups is 1. The lowest BCUT2D eigenvalue weighted by molar-refractivity contribution is 0.0697. The number of amides is 1. The van der Waals surface area contributed by atoms with Crippen LogP contribution in [0.25, 0.3) is 0 Å². The molecule has 2 N–H and O–H groups in total. The topological polar surface area (TPSA) is 80.5 Å². The van der Waals surface area contributed by atoms with Gasteiger partial charge in [0.05, 0.1) is 4.90 Å². The first-order chi connectivity index (χ1) is 9.27. The molecular weight excluding hydrogens is 276 g/mol. The Hall–Kier alpha value is -1.56. The monoisotopic (exact) mass is 296 g/mol. The van der Waals surface area contributed by atoms with Gasteiger partial charge < -0.3 is 10.6 Å². The van der Waals surface area contributed by atoms with Gasteiger partial charge in [0, 0.05) is 30.6 Å². The summed E-state index contributed by atoms with van der Waals surface area (Å²) in [4.78, 5) is 14.3. The maximum Gasteiger partial charge on any atom is 0.253 e. The zero-order valence-electron chi connectivity index (χ0n) is 11.8. The van der Waals surface area contributed by atoms with Crippen molar-refractivity contribution < 1.29 is 13.2 Å². The number of benzene rings is 1. The highest BCUT2D eigenvalue weighted by Gasteiger charge is 2.22. The van der Waals surface area contributed by atoms with Crippen LogP contribution < -0.4 is 5.73 Å². The molecule has 0 atom stereocenters. The molecule has 1 amide bonds. The molecule has 6 heteroatoms. The Labute approximate surface area is 119 Å². The van der Waals surface area contributed by atoms with Crippen LogP contribution >= 0.6 is 0 Å². The molecule has 0 aromatic heterocycles. The SMILES string of the molecule is CC1CCN(C(=O)c2cc(N)cc(S(C)(=O)=O)c2)CC1. The molecule has 110 valence electrons. The number of rotatable bonds is 2. The van der Waals surface area contributed by atoms with Crippen LogP contribution in [-0.2, 0) is 9.84 Å². The number of hydrogen-bond donors (Lipinski definition) is 1. The number of carbonyl (C=O) groups excluding carboxylic acids is 1. The standard InChI is InChI=1S/C14H20N2O3S/c1-10-3-5-16(6-4-10)14(17)11-7-12(15)9-13(8-11)20(2,18)19/h7-10H,3-6,15H2,1-2H3. The molecule has 5 nitrogen and oxygen atoms in total. The largest absolute Gasteiger partial charge is 0.399 e. The highest BCUT2D eigenvalue weighted by atomic mass is 32.2. The summed E-state index contributed by atoms with van der Waals surface area (Å²) in [5, 5.41) is 0. The molecule has 0 saturated carbocycles. The smallest absolute Gasteiger partial charge is 0.253 e. The number of hydrogen-bond acceptors (Lipinski definition) is 4. The van der Waals surface area contributed by atoms with Crippen LogP contribution in [-0.4, -0.2) is 38.6 Å². The van der Waals surface area contributed by atoms with Gasteiger partial charge in [-0.1, -0.05) is 6.92 Å². The molecule has 0 unspecified atom stereocenters. The van der Waals surface area contributed by atoms with E-state index >= 15 is 0 Å². The van der Waals surface area contributed by atoms with E-state index in [9.17, 15) is 13.2 Å². The fourth-order valence-electron chi connectivity index (χ4n) is 2.35. The quantitative estimate of drug-likeness (QED) is 0.840. The summed E-state index contributed by atoms with van der Waals surface area (Å²) in [7, 11) is -3.37. The average Bonchev–Trinajstić information content (AvgIpc) is 2.37. The van der Waals surface area contributed by atoms with Gasteiger partial charge in [-0.05, 0) is 37.0 Å². The number of likely N-dealkylation sites (tertiary alicyclic amines) is 1. The first kappa shape index (κ1) is 14.8. The van der Waals surface area contributed by atoms with E-state index in [-0.39, 0.29) is 10.8 Å². The highest BCUT2D eigenvalue weighted by molar-refractivity contribution is 7.90. The Morgan fingerprint density at radius 3 is 2.40 bits per heavy atom. The van der Waals surface area contributed by atoms with Crippen LogP contribution in [0.4, 0.5) is 5.69 Å². The van der Waals surface area contributed by atoms with E-state index < -0.39 is 9.84 Å². The number of nitrogens with zero attached hydrogens (tertiary/aromatic N) is 1. The fourth-order valence-corrected chi connectivity index (χ4v) is 3.05. The molecule has 1 aliphatic heterocycles. The van der Waals surface area contributed by atoms with Crippen molar-refractivity contribution in [2.24, 2.45) is 5.92 Å². The van der Waals surface area contributed by atoms with Crippen molar-refractivity contribution in [3.05, 3.63) is 23.8 Å². The van der Waals surface area contributed by atoms with Gasteiger partial charge in [0.15, 0.2) is 9.84 Å². The van der Waals surface area contributed by atoms with Crippen LogP contribution in [0.1, 0.15) is 30.1 Å². The van der Waals surface area contributed by atoms with Crippen LogP contribution in [0.3, 0.4) is 0 Å². The molecule has 0 spiro atoms. The van der Waals surface area contributed by atoms with E-state index in [2.05, 4.69) is 6.92 Å². The van der Waals surface area contributed by atoms with E-state index in [0.717, 1.165) is 19.1 Å². The molecule has 1 aliphatic rings. The predicted molar refractivity (Wildman–Crippen MR) is 78.3 cm³/mol. The molecule has 0 radical (unpaired) electrons. The van der Waals surface area contributed by atoms with Crippen molar-refractivity contribution in [2.75, 3.05) is 25.1 Å². The zero-order valence-corrected chi connectivity index (χ0v) is 12.6. The van der Waals surface area contributed by atoms with Crippen molar-refractivity contribution in [2.45, 2.75) is 24.7 Å². The summed E-state index contributed by atoms with van der Waals surface area (Å²) in [5.41, 5.74) is 6.35. The van der Waals surface area contributed by atoms with Crippen LogP contribution in [0.15, 0.2) is 23.1 Å². The fraction of sp³-hybridized carbons (Fsp3) is 0.500. The van der Waals surface area contributed by atoms with Crippen molar-refractivity contribution in [1.82, 2.24) is 4.90 Å². The van der Waals surface area contributed by atoms with Crippen molar-refractivity contribution in [1.29, 1.82) is 0 Å². The summed E-state index contributed by atoms with van der Waals surface area (Å²) in [6.45, 7) is 3.59. The Morgan fingerprint density at radius 1 is 1.25 bits per heavy atom. The summed E-state index contributed by atoms with van der Waals surface area (Å²) < 4.78 is 23.2. The molecule has 1 heterocycles. The van der Waals surface area contributed by atoms with E-state index in [1.165, 1.54) is 18.2 Å². The van der Waals surface area contributed by atoms with Gasteiger partial charge >= 0.3 is 0 Å². The first-order valence-electron chi connectivity index (χ1n) is 6.67. The minimum absolute atomic E-state index is 0.0891. The second-order valence-corrected chi connectivity index (χ2v) is 7.55. The lowest BCUT2D eigenvalue weighted by Gasteiger charge is -2.30. The number of nitrogens with two attached hydrogens (primary N) is 1. The average molecular weight is 296 g/mol. The maximum absolute atomic E-state index is 12.4. The van der Waals surface area contributed by atoms with Gasteiger partial charge in [0.1, 0.15) is 0 Å². The van der Waals surface area contributed by atoms with Gasteiger partial charge in [-0.3, -0.25) is 4.79 Å². The Kier molecular flexibility index (Phi) is 4.04. The number of piperidine rings is 1. The van der Waals surface area contributed by atoms with E-state index in [4.69, 9.17) is 5.73 Å². The van der Waals surface area contributed by atoms with Crippen molar-refractivity contribution in [3.8, 4) is 0 Å². The predicted octanol–water partition coefficient (Wildman–Crippen LogP) is 1.54. The molecule has 1 fully saturated rings. The summed E-state index contributed by atoms with van der Waals surface area (Å²) in [6.07, 6.45) is 3.07. The van der Waals surface area contributed by atoms with Gasteiger partial charge in [-0.15, -0.1) is 0 Å². The van der Waals surface area contributed by atoms with Crippen LogP contribution in [0.2, 0.25) is 0 Å². The third-order valence-electron chi connectivity index (χ3n) is 3.67. The Morgan fingerprint density at radius 2 is 1.85 bits per heavy atom. The Bertz CT molecular complexity index is 617. The summed E-state index contributed by atoms with van der Waals surface area (Å²) in [5.74, 6) is 0.487. The first-order valence-corrected chi connectivity index (χ1v) is 8.56. The molecule has 2 rings (SSSR count). The second-order valence-electron chi connectivity index (χ2n) is 5.54. The van der Waals surface area contributed by atoms with Crippen LogP contribution in [0, 0.1) is 5.92 Å². The minimum Gasteiger partial charge on any atom is -0.399 e. The molecule has 1 saturated heterocycles. The van der Waals surface area contributed by atoms with E-state index in [0.29, 0.717) is 30.3 Å². The molecule has 0 bridgehead atoms. The number of nitrogen functional groups attached to an aromatic ring is 1. The van der Waals surface area contributed by atoms with Crippen LogP contribution in [0.5, 0.6) is 0 Å². The minimum atomic E-state index is -3.37. The highest BCUT2D eigenvalue weighted by Crippen LogP contribution is 2.21. The number of sulfone groups is 1. The third-order valence-corrected chi connectivity index (χ3v) is 4.77. The van der Waals surface area contributed by atoms with Gasteiger partial charge in [-0.2, -0.15) is 0 Å². The summed E-state index contributed by atoms with van der Waals surface area (Å²) >= 11 is 0. The second kappa shape index (κ2) is 5.44. The van der Waals surface area contributed by atoms with Gasteiger partial charge in [0.25, 0.3) is 5.91 Å². The lowest BCUT2D eigenvalue weighted by Crippen LogP contribution is -2.38. The zero-order chi connectivity index (χ0) is 14.9. The van der Waals surface area contributed by atoms with Crippen molar-refractivity contribution in [3.63, 3.8) is 0 Å². The third kappa shape index (κ3) is 3.30. The normalized spacial score (nSPS) is 17.2. The molecule has 0 aliphatic carbocycles. The maximum atomic E-state index is 12.4. The Balaban J connectivity index is 2.28. The van der Waals surface area contributed by atoms with E-state index in [1.54, 1.807) is 4.90 Å². The van der Waals surface area contributed by atoms with E-state index in [1.807, 2.05) is 0 Å². The lowest BCUT2D eigenvalue weighted by atomic mass is 9.98. The van der Waals surface area contributed by atoms with Gasteiger partial charge in [-0.25, -0.2) is 8.42 Å². The molecular formula is C14H20N2O3S.